The van der Waals surface area contributed by atoms with Gasteiger partial charge in [-0.15, -0.1) is 0 Å². The number of fused-ring (bicyclic) bond motifs is 1. The van der Waals surface area contributed by atoms with Gasteiger partial charge < -0.3 is 24.9 Å². The first-order valence-electron chi connectivity index (χ1n) is 9.68. The van der Waals surface area contributed by atoms with E-state index in [0.29, 0.717) is 36.6 Å². The Hall–Kier alpha value is -4.00. The van der Waals surface area contributed by atoms with Crippen LogP contribution in [0, 0.1) is 0 Å². The number of anilines is 2. The fourth-order valence-corrected chi connectivity index (χ4v) is 3.17. The van der Waals surface area contributed by atoms with Gasteiger partial charge in [0.15, 0.2) is 0 Å². The van der Waals surface area contributed by atoms with Crippen molar-refractivity contribution in [2.24, 2.45) is 0 Å². The summed E-state index contributed by atoms with van der Waals surface area (Å²) in [6.07, 6.45) is 3.92. The van der Waals surface area contributed by atoms with Crippen molar-refractivity contribution in [2.75, 3.05) is 10.6 Å². The van der Waals surface area contributed by atoms with Crippen LogP contribution in [0.1, 0.15) is 12.2 Å². The third-order valence-electron chi connectivity index (χ3n) is 4.69. The van der Waals surface area contributed by atoms with Gasteiger partial charge in [-0.2, -0.15) is 0 Å². The predicted molar refractivity (Wildman–Crippen MR) is 116 cm³/mol. The van der Waals surface area contributed by atoms with Gasteiger partial charge >= 0.3 is 6.03 Å². The first kappa shape index (κ1) is 19.3. The summed E-state index contributed by atoms with van der Waals surface area (Å²) in [5.41, 5.74) is 2.42. The van der Waals surface area contributed by atoms with Crippen LogP contribution in [0.4, 0.5) is 16.2 Å². The quantitative estimate of drug-likeness (QED) is 0.423. The summed E-state index contributed by atoms with van der Waals surface area (Å²) in [6, 6.07) is 20.3. The molecule has 152 valence electrons. The van der Waals surface area contributed by atoms with Crippen LogP contribution in [0.25, 0.3) is 10.9 Å². The van der Waals surface area contributed by atoms with Crippen molar-refractivity contribution >= 4 is 34.2 Å². The molecule has 2 aromatic heterocycles. The van der Waals surface area contributed by atoms with E-state index >= 15 is 0 Å². The lowest BCUT2D eigenvalue weighted by molar-refractivity contribution is -0.116. The van der Waals surface area contributed by atoms with Gasteiger partial charge in [-0.05, 0) is 53.9 Å². The average molecular weight is 402 g/mol. The van der Waals surface area contributed by atoms with E-state index in [4.69, 9.17) is 4.42 Å². The molecule has 4 rings (SSSR count). The van der Waals surface area contributed by atoms with Crippen LogP contribution in [0.5, 0.6) is 0 Å². The summed E-state index contributed by atoms with van der Waals surface area (Å²) >= 11 is 0. The van der Waals surface area contributed by atoms with Crippen LogP contribution in [-0.2, 0) is 17.9 Å². The third kappa shape index (κ3) is 4.88. The summed E-state index contributed by atoms with van der Waals surface area (Å²) in [5.74, 6) is 0.612. The van der Waals surface area contributed by atoms with E-state index < -0.39 is 0 Å². The molecule has 2 heterocycles. The Kier molecular flexibility index (Phi) is 5.80. The van der Waals surface area contributed by atoms with E-state index in [-0.39, 0.29) is 11.9 Å². The molecule has 0 aliphatic rings. The fraction of sp³-hybridized carbons (Fsp3) is 0.130. The molecule has 0 saturated carbocycles. The van der Waals surface area contributed by atoms with Crippen LogP contribution in [0.3, 0.4) is 0 Å². The number of para-hydroxylation sites is 1. The lowest BCUT2D eigenvalue weighted by Gasteiger charge is -2.09. The lowest BCUT2D eigenvalue weighted by atomic mass is 10.2. The number of nitrogens with one attached hydrogen (secondary N) is 3. The van der Waals surface area contributed by atoms with Crippen molar-refractivity contribution < 1.29 is 14.0 Å². The van der Waals surface area contributed by atoms with Crippen LogP contribution < -0.4 is 16.0 Å². The lowest BCUT2D eigenvalue weighted by Crippen LogP contribution is -2.27. The zero-order valence-electron chi connectivity index (χ0n) is 16.3. The second-order valence-electron chi connectivity index (χ2n) is 6.83. The minimum atomic E-state index is -0.331. The molecule has 0 aliphatic heterocycles. The van der Waals surface area contributed by atoms with Crippen LogP contribution in [0.15, 0.2) is 83.6 Å². The molecule has 0 aliphatic carbocycles. The van der Waals surface area contributed by atoms with Gasteiger partial charge in [0, 0.05) is 36.1 Å². The molecule has 0 unspecified atom stereocenters. The number of aryl methyl sites for hydroxylation is 1. The molecule has 0 saturated heterocycles. The minimum absolute atomic E-state index is 0.0651. The Morgan fingerprint density at radius 1 is 0.867 bits per heavy atom. The van der Waals surface area contributed by atoms with Crippen molar-refractivity contribution in [2.45, 2.75) is 19.5 Å². The topological polar surface area (TPSA) is 88.3 Å². The van der Waals surface area contributed by atoms with Gasteiger partial charge in [0.05, 0.1) is 12.8 Å². The molecule has 0 fully saturated rings. The monoisotopic (exact) mass is 402 g/mol. The second-order valence-corrected chi connectivity index (χ2v) is 6.83. The Bertz CT molecular complexity index is 1130. The molecule has 7 heteroatoms. The Balaban J connectivity index is 1.24. The molecule has 3 N–H and O–H groups in total. The molecule has 0 bridgehead atoms. The van der Waals surface area contributed by atoms with Crippen molar-refractivity contribution in [3.63, 3.8) is 0 Å². The number of carbonyl (C=O) groups excluding carboxylic acids is 2. The van der Waals surface area contributed by atoms with Crippen LogP contribution in [-0.4, -0.2) is 16.5 Å². The summed E-state index contributed by atoms with van der Waals surface area (Å²) in [7, 11) is 0. The summed E-state index contributed by atoms with van der Waals surface area (Å²) in [6.45, 7) is 0.915. The molecule has 0 spiro atoms. The second kappa shape index (κ2) is 9.00. The van der Waals surface area contributed by atoms with Gasteiger partial charge in [-0.1, -0.05) is 18.2 Å². The molecule has 7 nitrogen and oxygen atoms in total. The molecule has 4 aromatic rings. The van der Waals surface area contributed by atoms with Crippen LogP contribution >= 0.6 is 0 Å². The number of amides is 3. The zero-order valence-corrected chi connectivity index (χ0v) is 16.3. The normalized spacial score (nSPS) is 10.7. The standard InChI is InChI=1S/C23H22N4O3/c28-22(12-14-27-13-11-17-4-1-2-6-21(17)27)25-18-7-9-19(10-8-18)26-23(29)24-16-20-5-3-15-30-20/h1-11,13,15H,12,14,16H2,(H,25,28)(H2,24,26,29). The minimum Gasteiger partial charge on any atom is -0.467 e. The highest BCUT2D eigenvalue weighted by molar-refractivity contribution is 5.92. The van der Waals surface area contributed by atoms with Gasteiger partial charge in [-0.3, -0.25) is 4.79 Å². The van der Waals surface area contributed by atoms with E-state index in [9.17, 15) is 9.59 Å². The number of rotatable bonds is 7. The maximum Gasteiger partial charge on any atom is 0.319 e. The number of aromatic nitrogens is 1. The predicted octanol–water partition coefficient (Wildman–Crippen LogP) is 4.58. The van der Waals surface area contributed by atoms with Gasteiger partial charge in [0.25, 0.3) is 0 Å². The highest BCUT2D eigenvalue weighted by atomic mass is 16.3. The van der Waals surface area contributed by atoms with Crippen LogP contribution in [0.2, 0.25) is 0 Å². The van der Waals surface area contributed by atoms with Gasteiger partial charge in [0.1, 0.15) is 5.76 Å². The number of hydrogen-bond acceptors (Lipinski definition) is 3. The van der Waals surface area contributed by atoms with E-state index in [1.165, 1.54) is 0 Å². The SMILES string of the molecule is O=C(CCn1ccc2ccccc21)Nc1ccc(NC(=O)NCc2ccco2)cc1. The molecule has 30 heavy (non-hydrogen) atoms. The summed E-state index contributed by atoms with van der Waals surface area (Å²) in [4.78, 5) is 24.2. The molecular formula is C23H22N4O3. The molecule has 3 amide bonds. The van der Waals surface area contributed by atoms with E-state index in [1.807, 2.05) is 30.5 Å². The number of benzene rings is 2. The first-order valence-corrected chi connectivity index (χ1v) is 9.68. The van der Waals surface area contributed by atoms with E-state index in [0.717, 1.165) is 10.9 Å². The Labute approximate surface area is 173 Å². The molecule has 0 atom stereocenters. The fourth-order valence-electron chi connectivity index (χ4n) is 3.17. The van der Waals surface area contributed by atoms with Crippen molar-refractivity contribution in [1.29, 1.82) is 0 Å². The highest BCUT2D eigenvalue weighted by Crippen LogP contribution is 2.16. The maximum atomic E-state index is 12.3. The van der Waals surface area contributed by atoms with Crippen molar-refractivity contribution in [1.82, 2.24) is 9.88 Å². The molecule has 0 radical (unpaired) electrons. The number of carbonyl (C=O) groups is 2. The number of furan rings is 1. The van der Waals surface area contributed by atoms with Crippen molar-refractivity contribution in [3.8, 4) is 0 Å². The average Bonchev–Trinajstić information content (AvgIpc) is 3.42. The third-order valence-corrected chi connectivity index (χ3v) is 4.69. The van der Waals surface area contributed by atoms with Gasteiger partial charge in [0.2, 0.25) is 5.91 Å². The van der Waals surface area contributed by atoms with Crippen molar-refractivity contribution in [3.05, 3.63) is 85.0 Å². The number of urea groups is 1. The summed E-state index contributed by atoms with van der Waals surface area (Å²) < 4.78 is 7.24. The molecule has 2 aromatic carbocycles. The molecular weight excluding hydrogens is 380 g/mol. The summed E-state index contributed by atoms with van der Waals surface area (Å²) in [5, 5.41) is 9.49. The maximum absolute atomic E-state index is 12.3. The number of hydrogen-bond donors (Lipinski definition) is 3. The first-order chi connectivity index (χ1) is 14.7. The zero-order chi connectivity index (χ0) is 20.8. The highest BCUT2D eigenvalue weighted by Gasteiger charge is 2.07. The Morgan fingerprint density at radius 2 is 1.63 bits per heavy atom. The smallest absolute Gasteiger partial charge is 0.319 e. The largest absolute Gasteiger partial charge is 0.467 e. The van der Waals surface area contributed by atoms with E-state index in [1.54, 1.807) is 42.7 Å². The van der Waals surface area contributed by atoms with Gasteiger partial charge in [-0.25, -0.2) is 4.79 Å². The Morgan fingerprint density at radius 3 is 2.40 bits per heavy atom. The number of nitrogens with zero attached hydrogens (tertiary/aromatic N) is 1. The van der Waals surface area contributed by atoms with E-state index in [2.05, 4.69) is 26.6 Å².